The van der Waals surface area contributed by atoms with Crippen LogP contribution in [0.25, 0.3) is 0 Å². The maximum Gasteiger partial charge on any atom is 0.193 e. The minimum Gasteiger partial charge on any atom is -0.357 e. The highest BCUT2D eigenvalue weighted by Gasteiger charge is 2.16. The van der Waals surface area contributed by atoms with Gasteiger partial charge in [-0.3, -0.25) is 4.99 Å². The van der Waals surface area contributed by atoms with Crippen LogP contribution in [0.5, 0.6) is 0 Å². The van der Waals surface area contributed by atoms with Crippen LogP contribution in [-0.4, -0.2) is 56.0 Å². The summed E-state index contributed by atoms with van der Waals surface area (Å²) in [6.45, 7) is 9.46. The predicted molar refractivity (Wildman–Crippen MR) is 103 cm³/mol. The number of rotatable bonds is 6. The van der Waals surface area contributed by atoms with Crippen molar-refractivity contribution in [2.45, 2.75) is 39.7 Å². The number of hydrogen-bond donors (Lipinski definition) is 1. The second-order valence-corrected chi connectivity index (χ2v) is 7.11. The van der Waals surface area contributed by atoms with Crippen LogP contribution in [0.15, 0.2) is 29.3 Å². The first-order valence-corrected chi connectivity index (χ1v) is 9.32. The molecule has 0 aliphatic carbocycles. The van der Waals surface area contributed by atoms with Crippen LogP contribution in [0.2, 0.25) is 0 Å². The van der Waals surface area contributed by atoms with E-state index in [0.717, 1.165) is 31.5 Å². The summed E-state index contributed by atoms with van der Waals surface area (Å²) in [5.41, 5.74) is 2.63. The van der Waals surface area contributed by atoms with Crippen molar-refractivity contribution in [2.24, 2.45) is 10.9 Å². The van der Waals surface area contributed by atoms with Gasteiger partial charge in [-0.1, -0.05) is 29.8 Å². The molecule has 0 atom stereocenters. The maximum absolute atomic E-state index is 4.86. The van der Waals surface area contributed by atoms with Crippen molar-refractivity contribution in [3.05, 3.63) is 35.4 Å². The van der Waals surface area contributed by atoms with E-state index in [4.69, 9.17) is 4.99 Å². The van der Waals surface area contributed by atoms with Gasteiger partial charge in [0.25, 0.3) is 0 Å². The van der Waals surface area contributed by atoms with E-state index < -0.39 is 0 Å². The van der Waals surface area contributed by atoms with E-state index in [1.807, 2.05) is 0 Å². The molecule has 1 saturated heterocycles. The maximum atomic E-state index is 4.86. The second-order valence-electron chi connectivity index (χ2n) is 7.11. The summed E-state index contributed by atoms with van der Waals surface area (Å²) in [4.78, 5) is 9.51. The Kier molecular flexibility index (Phi) is 7.57. The van der Waals surface area contributed by atoms with Gasteiger partial charge in [0.15, 0.2) is 5.96 Å². The standard InChI is InChI=1S/C20H34N4/c1-5-21-20(22-13-10-18-11-14-23(3)15-12-18)24(4)16-19-8-6-17(2)7-9-19/h6-9,18H,5,10-16H2,1-4H3,(H,21,22). The summed E-state index contributed by atoms with van der Waals surface area (Å²) in [6.07, 6.45) is 3.85. The van der Waals surface area contributed by atoms with Crippen LogP contribution < -0.4 is 5.32 Å². The van der Waals surface area contributed by atoms with Crippen molar-refractivity contribution in [1.82, 2.24) is 15.1 Å². The van der Waals surface area contributed by atoms with E-state index in [1.165, 1.54) is 43.5 Å². The summed E-state index contributed by atoms with van der Waals surface area (Å²) < 4.78 is 0. The molecule has 134 valence electrons. The number of guanidine groups is 1. The Balaban J connectivity index is 1.85. The van der Waals surface area contributed by atoms with Crippen molar-refractivity contribution in [3.8, 4) is 0 Å². The molecular formula is C20H34N4. The summed E-state index contributed by atoms with van der Waals surface area (Å²) >= 11 is 0. The Labute approximate surface area is 147 Å². The first kappa shape index (κ1) is 18.8. The molecule has 4 nitrogen and oxygen atoms in total. The zero-order valence-corrected chi connectivity index (χ0v) is 15.9. The molecule has 24 heavy (non-hydrogen) atoms. The summed E-state index contributed by atoms with van der Waals surface area (Å²) in [6, 6.07) is 8.75. The van der Waals surface area contributed by atoms with Crippen molar-refractivity contribution in [2.75, 3.05) is 40.3 Å². The molecule has 1 N–H and O–H groups in total. The molecule has 0 bridgehead atoms. The molecule has 1 aromatic carbocycles. The number of hydrogen-bond acceptors (Lipinski definition) is 2. The molecule has 1 heterocycles. The van der Waals surface area contributed by atoms with Crippen LogP contribution in [0.1, 0.15) is 37.3 Å². The first-order chi connectivity index (χ1) is 11.6. The molecule has 0 aromatic heterocycles. The Morgan fingerprint density at radius 2 is 1.92 bits per heavy atom. The van der Waals surface area contributed by atoms with E-state index in [2.05, 4.69) is 67.3 Å². The molecule has 1 aliphatic rings. The average Bonchev–Trinajstić information content (AvgIpc) is 2.58. The molecule has 0 radical (unpaired) electrons. The van der Waals surface area contributed by atoms with Gasteiger partial charge < -0.3 is 15.1 Å². The van der Waals surface area contributed by atoms with E-state index in [0.29, 0.717) is 0 Å². The number of likely N-dealkylation sites (tertiary alicyclic amines) is 1. The van der Waals surface area contributed by atoms with Crippen LogP contribution >= 0.6 is 0 Å². The lowest BCUT2D eigenvalue weighted by atomic mass is 9.94. The molecule has 1 fully saturated rings. The molecule has 0 unspecified atom stereocenters. The van der Waals surface area contributed by atoms with Crippen LogP contribution in [0, 0.1) is 12.8 Å². The lowest BCUT2D eigenvalue weighted by Gasteiger charge is -2.28. The molecule has 0 amide bonds. The molecule has 1 aliphatic heterocycles. The lowest BCUT2D eigenvalue weighted by molar-refractivity contribution is 0.214. The Hall–Kier alpha value is -1.55. The van der Waals surface area contributed by atoms with Gasteiger partial charge in [-0.05, 0) is 64.7 Å². The zero-order chi connectivity index (χ0) is 17.4. The van der Waals surface area contributed by atoms with Crippen molar-refractivity contribution >= 4 is 5.96 Å². The minimum atomic E-state index is 0.843. The van der Waals surface area contributed by atoms with Crippen molar-refractivity contribution in [1.29, 1.82) is 0 Å². The largest absolute Gasteiger partial charge is 0.357 e. The average molecular weight is 331 g/mol. The van der Waals surface area contributed by atoms with Gasteiger partial charge in [-0.2, -0.15) is 0 Å². The minimum absolute atomic E-state index is 0.843. The number of aryl methyl sites for hydroxylation is 1. The second kappa shape index (κ2) is 9.67. The fraction of sp³-hybridized carbons (Fsp3) is 0.650. The van der Waals surface area contributed by atoms with Gasteiger partial charge >= 0.3 is 0 Å². The highest BCUT2D eigenvalue weighted by molar-refractivity contribution is 5.79. The Bertz CT molecular complexity index is 501. The highest BCUT2D eigenvalue weighted by Crippen LogP contribution is 2.19. The van der Waals surface area contributed by atoms with Crippen molar-refractivity contribution < 1.29 is 0 Å². The van der Waals surface area contributed by atoms with Gasteiger partial charge in [0.2, 0.25) is 0 Å². The van der Waals surface area contributed by atoms with Crippen LogP contribution in [0.3, 0.4) is 0 Å². The zero-order valence-electron chi connectivity index (χ0n) is 15.9. The van der Waals surface area contributed by atoms with Gasteiger partial charge in [-0.25, -0.2) is 0 Å². The summed E-state index contributed by atoms with van der Waals surface area (Å²) in [5.74, 6) is 1.86. The van der Waals surface area contributed by atoms with Gasteiger partial charge in [0.05, 0.1) is 0 Å². The molecule has 2 rings (SSSR count). The molecular weight excluding hydrogens is 296 g/mol. The number of aliphatic imine (C=N–C) groups is 1. The third kappa shape index (κ3) is 6.16. The predicted octanol–water partition coefficient (Wildman–Crippen LogP) is 3.12. The van der Waals surface area contributed by atoms with Gasteiger partial charge in [0.1, 0.15) is 0 Å². The molecule has 0 saturated carbocycles. The molecule has 1 aromatic rings. The van der Waals surface area contributed by atoms with Gasteiger partial charge in [0, 0.05) is 26.7 Å². The fourth-order valence-electron chi connectivity index (χ4n) is 3.22. The van der Waals surface area contributed by atoms with E-state index in [9.17, 15) is 0 Å². The molecule has 4 heteroatoms. The first-order valence-electron chi connectivity index (χ1n) is 9.32. The number of nitrogens with one attached hydrogen (secondary N) is 1. The monoisotopic (exact) mass is 330 g/mol. The third-order valence-electron chi connectivity index (χ3n) is 4.87. The third-order valence-corrected chi connectivity index (χ3v) is 4.87. The number of piperidine rings is 1. The topological polar surface area (TPSA) is 30.9 Å². The summed E-state index contributed by atoms with van der Waals surface area (Å²) in [5, 5.41) is 3.43. The molecule has 0 spiro atoms. The van der Waals surface area contributed by atoms with Crippen LogP contribution in [-0.2, 0) is 6.54 Å². The van der Waals surface area contributed by atoms with Gasteiger partial charge in [-0.15, -0.1) is 0 Å². The highest BCUT2D eigenvalue weighted by atomic mass is 15.3. The van der Waals surface area contributed by atoms with Crippen molar-refractivity contribution in [3.63, 3.8) is 0 Å². The number of nitrogens with zero attached hydrogens (tertiary/aromatic N) is 3. The quantitative estimate of drug-likeness (QED) is 0.642. The van der Waals surface area contributed by atoms with E-state index in [-0.39, 0.29) is 0 Å². The van der Waals surface area contributed by atoms with E-state index >= 15 is 0 Å². The lowest BCUT2D eigenvalue weighted by Crippen LogP contribution is -2.38. The normalized spacial score (nSPS) is 17.1. The Morgan fingerprint density at radius 1 is 1.25 bits per heavy atom. The smallest absolute Gasteiger partial charge is 0.193 e. The number of benzene rings is 1. The Morgan fingerprint density at radius 3 is 2.54 bits per heavy atom. The summed E-state index contributed by atoms with van der Waals surface area (Å²) in [7, 11) is 4.34. The van der Waals surface area contributed by atoms with E-state index in [1.54, 1.807) is 0 Å². The van der Waals surface area contributed by atoms with Crippen LogP contribution in [0.4, 0.5) is 0 Å². The fourth-order valence-corrected chi connectivity index (χ4v) is 3.22. The SMILES string of the molecule is CCNC(=NCCC1CCN(C)CC1)N(C)Cc1ccc(C)cc1.